The zero-order chi connectivity index (χ0) is 12.7. The summed E-state index contributed by atoms with van der Waals surface area (Å²) >= 11 is 0. The molecule has 0 aliphatic rings. The van der Waals surface area contributed by atoms with Gasteiger partial charge < -0.3 is 14.9 Å². The van der Waals surface area contributed by atoms with E-state index in [0.29, 0.717) is 13.2 Å². The van der Waals surface area contributed by atoms with Crippen LogP contribution in [0.4, 0.5) is 0 Å². The van der Waals surface area contributed by atoms with Crippen molar-refractivity contribution in [2.45, 2.75) is 19.3 Å². The van der Waals surface area contributed by atoms with Gasteiger partial charge in [-0.25, -0.2) is 0 Å². The van der Waals surface area contributed by atoms with Crippen LogP contribution < -0.4 is 0 Å². The number of methoxy groups -OCH3 is 1. The fourth-order valence-electron chi connectivity index (χ4n) is 1.73. The van der Waals surface area contributed by atoms with Crippen molar-refractivity contribution in [3.05, 3.63) is 35.4 Å². The number of rotatable bonds is 7. The Kier molecular flexibility index (Phi) is 6.15. The molecule has 0 aliphatic carbocycles. The van der Waals surface area contributed by atoms with E-state index >= 15 is 0 Å². The van der Waals surface area contributed by atoms with Crippen molar-refractivity contribution in [2.24, 2.45) is 0 Å². The van der Waals surface area contributed by atoms with Gasteiger partial charge in [-0.2, -0.15) is 0 Å². The molecule has 0 saturated carbocycles. The van der Waals surface area contributed by atoms with Crippen molar-refractivity contribution in [3.63, 3.8) is 0 Å². The van der Waals surface area contributed by atoms with E-state index in [9.17, 15) is 5.11 Å². The normalized spacial score (nSPS) is 13.0. The van der Waals surface area contributed by atoms with Crippen LogP contribution in [0.2, 0.25) is 0 Å². The van der Waals surface area contributed by atoms with E-state index in [1.54, 1.807) is 7.11 Å². The Labute approximate surface area is 102 Å². The first kappa shape index (κ1) is 14.1. The molecule has 0 aromatic heterocycles. The second kappa shape index (κ2) is 7.40. The summed E-state index contributed by atoms with van der Waals surface area (Å²) in [7, 11) is 3.54. The number of hydrogen-bond donors (Lipinski definition) is 2. The smallest absolute Gasteiger partial charge is 0.0900 e. The van der Waals surface area contributed by atoms with Gasteiger partial charge in [0.1, 0.15) is 0 Å². The fourth-order valence-corrected chi connectivity index (χ4v) is 1.73. The maximum absolute atomic E-state index is 9.58. The van der Waals surface area contributed by atoms with Crippen LogP contribution in [-0.4, -0.2) is 48.5 Å². The van der Waals surface area contributed by atoms with Gasteiger partial charge in [0.2, 0.25) is 0 Å². The van der Waals surface area contributed by atoms with Crippen LogP contribution in [0.5, 0.6) is 0 Å². The molecule has 2 N–H and O–H groups in total. The SMILES string of the molecule is COCC(O)CN(C)Cc1ccc(CO)cc1. The minimum atomic E-state index is -0.457. The maximum Gasteiger partial charge on any atom is 0.0900 e. The highest BCUT2D eigenvalue weighted by Crippen LogP contribution is 2.07. The molecule has 1 aromatic carbocycles. The molecular formula is C13H21NO3. The van der Waals surface area contributed by atoms with Gasteiger partial charge in [-0.05, 0) is 18.2 Å². The van der Waals surface area contributed by atoms with E-state index in [-0.39, 0.29) is 6.61 Å². The first-order valence-electron chi connectivity index (χ1n) is 5.70. The summed E-state index contributed by atoms with van der Waals surface area (Å²) in [6, 6.07) is 7.80. The molecular weight excluding hydrogens is 218 g/mol. The highest BCUT2D eigenvalue weighted by molar-refractivity contribution is 5.21. The second-order valence-electron chi connectivity index (χ2n) is 4.28. The molecule has 0 spiro atoms. The van der Waals surface area contributed by atoms with Crippen molar-refractivity contribution in [1.82, 2.24) is 4.90 Å². The number of ether oxygens (including phenoxy) is 1. The average Bonchev–Trinajstić information content (AvgIpc) is 2.30. The van der Waals surface area contributed by atoms with E-state index in [1.165, 1.54) is 0 Å². The van der Waals surface area contributed by atoms with Crippen LogP contribution in [0.25, 0.3) is 0 Å². The number of benzene rings is 1. The van der Waals surface area contributed by atoms with Gasteiger partial charge in [0.05, 0.1) is 19.3 Å². The molecule has 4 heteroatoms. The molecule has 0 heterocycles. The minimum Gasteiger partial charge on any atom is -0.392 e. The average molecular weight is 239 g/mol. The van der Waals surface area contributed by atoms with Crippen molar-refractivity contribution >= 4 is 0 Å². The Morgan fingerprint density at radius 2 is 1.82 bits per heavy atom. The van der Waals surface area contributed by atoms with Crippen molar-refractivity contribution in [2.75, 3.05) is 27.3 Å². The third kappa shape index (κ3) is 5.28. The number of nitrogens with zero attached hydrogens (tertiary/aromatic N) is 1. The first-order valence-corrected chi connectivity index (χ1v) is 5.70. The number of aliphatic hydroxyl groups excluding tert-OH is 2. The highest BCUT2D eigenvalue weighted by atomic mass is 16.5. The summed E-state index contributed by atoms with van der Waals surface area (Å²) in [5, 5.41) is 18.5. The molecule has 1 rings (SSSR count). The van der Waals surface area contributed by atoms with Gasteiger partial charge in [-0.15, -0.1) is 0 Å². The van der Waals surface area contributed by atoms with E-state index < -0.39 is 6.10 Å². The summed E-state index contributed by atoms with van der Waals surface area (Å²) in [6.45, 7) is 1.78. The summed E-state index contributed by atoms with van der Waals surface area (Å²) < 4.78 is 4.88. The monoisotopic (exact) mass is 239 g/mol. The number of likely N-dealkylation sites (N-methyl/N-ethyl adjacent to an activating group) is 1. The van der Waals surface area contributed by atoms with Gasteiger partial charge in [-0.1, -0.05) is 24.3 Å². The number of hydrogen-bond acceptors (Lipinski definition) is 4. The van der Waals surface area contributed by atoms with Gasteiger partial charge >= 0.3 is 0 Å². The molecule has 0 fully saturated rings. The predicted molar refractivity (Wildman–Crippen MR) is 66.6 cm³/mol. The highest BCUT2D eigenvalue weighted by Gasteiger charge is 2.08. The molecule has 1 unspecified atom stereocenters. The van der Waals surface area contributed by atoms with Crippen LogP contribution in [0.1, 0.15) is 11.1 Å². The molecule has 0 radical (unpaired) electrons. The summed E-state index contributed by atoms with van der Waals surface area (Å²) in [6.07, 6.45) is -0.457. The summed E-state index contributed by atoms with van der Waals surface area (Å²) in [4.78, 5) is 2.04. The Morgan fingerprint density at radius 3 is 2.35 bits per heavy atom. The molecule has 1 aromatic rings. The van der Waals surface area contributed by atoms with Gasteiger partial charge in [0, 0.05) is 20.2 Å². The minimum absolute atomic E-state index is 0.0721. The van der Waals surface area contributed by atoms with Crippen LogP contribution in [0.15, 0.2) is 24.3 Å². The third-order valence-corrected chi connectivity index (χ3v) is 2.54. The topological polar surface area (TPSA) is 52.9 Å². The second-order valence-corrected chi connectivity index (χ2v) is 4.28. The summed E-state index contributed by atoms with van der Waals surface area (Å²) in [5.41, 5.74) is 2.07. The molecule has 0 amide bonds. The molecule has 17 heavy (non-hydrogen) atoms. The zero-order valence-electron chi connectivity index (χ0n) is 10.5. The fraction of sp³-hybridized carbons (Fsp3) is 0.538. The van der Waals surface area contributed by atoms with Crippen molar-refractivity contribution in [1.29, 1.82) is 0 Å². The lowest BCUT2D eigenvalue weighted by Gasteiger charge is -2.20. The molecule has 0 aliphatic heterocycles. The first-order chi connectivity index (χ1) is 8.15. The zero-order valence-corrected chi connectivity index (χ0v) is 10.5. The number of aliphatic hydroxyl groups is 2. The summed E-state index contributed by atoms with van der Waals surface area (Å²) in [5.74, 6) is 0. The van der Waals surface area contributed by atoms with E-state index in [2.05, 4.69) is 0 Å². The molecule has 1 atom stereocenters. The Balaban J connectivity index is 2.41. The van der Waals surface area contributed by atoms with Crippen LogP contribution in [-0.2, 0) is 17.9 Å². The molecule has 4 nitrogen and oxygen atoms in total. The van der Waals surface area contributed by atoms with Crippen LogP contribution in [0, 0.1) is 0 Å². The lowest BCUT2D eigenvalue weighted by Crippen LogP contribution is -2.31. The largest absolute Gasteiger partial charge is 0.392 e. The standard InChI is InChI=1S/C13H21NO3/c1-14(8-13(16)10-17-2)7-11-3-5-12(9-15)6-4-11/h3-6,13,15-16H,7-10H2,1-2H3. The Hall–Kier alpha value is -0.940. The van der Waals surface area contributed by atoms with Crippen LogP contribution >= 0.6 is 0 Å². The van der Waals surface area contributed by atoms with E-state index in [0.717, 1.165) is 17.7 Å². The molecule has 0 bridgehead atoms. The Bertz CT molecular complexity index is 313. The van der Waals surface area contributed by atoms with Gasteiger partial charge in [0.25, 0.3) is 0 Å². The van der Waals surface area contributed by atoms with Gasteiger partial charge in [0.15, 0.2) is 0 Å². The molecule has 0 saturated heterocycles. The third-order valence-electron chi connectivity index (χ3n) is 2.54. The van der Waals surface area contributed by atoms with Crippen molar-refractivity contribution in [3.8, 4) is 0 Å². The quantitative estimate of drug-likeness (QED) is 0.732. The van der Waals surface area contributed by atoms with E-state index in [4.69, 9.17) is 9.84 Å². The van der Waals surface area contributed by atoms with Gasteiger partial charge in [-0.3, -0.25) is 4.90 Å². The predicted octanol–water partition coefficient (Wildman–Crippen LogP) is 0.618. The lowest BCUT2D eigenvalue weighted by atomic mass is 10.1. The Morgan fingerprint density at radius 1 is 1.24 bits per heavy atom. The molecule has 96 valence electrons. The van der Waals surface area contributed by atoms with Crippen LogP contribution in [0.3, 0.4) is 0 Å². The lowest BCUT2D eigenvalue weighted by molar-refractivity contribution is 0.0419. The van der Waals surface area contributed by atoms with E-state index in [1.807, 2.05) is 36.2 Å². The maximum atomic E-state index is 9.58. The van der Waals surface area contributed by atoms with Crippen molar-refractivity contribution < 1.29 is 14.9 Å².